The van der Waals surface area contributed by atoms with Gasteiger partial charge in [0.1, 0.15) is 5.75 Å². The van der Waals surface area contributed by atoms with E-state index in [0.29, 0.717) is 6.61 Å². The molecule has 0 N–H and O–H groups in total. The molecule has 0 heterocycles. The van der Waals surface area contributed by atoms with E-state index in [1.165, 1.54) is 5.56 Å². The van der Waals surface area contributed by atoms with Crippen molar-refractivity contribution in [1.82, 2.24) is 5.73 Å². The van der Waals surface area contributed by atoms with Gasteiger partial charge >= 0.3 is 0 Å². The highest BCUT2D eigenvalue weighted by Gasteiger charge is 1.95. The first-order chi connectivity index (χ1) is 6.86. The average Bonchev–Trinajstić information content (AvgIpc) is 2.21. The van der Waals surface area contributed by atoms with Gasteiger partial charge in [-0.05, 0) is 24.6 Å². The van der Waals surface area contributed by atoms with Crippen molar-refractivity contribution in [3.05, 3.63) is 29.8 Å². The van der Waals surface area contributed by atoms with Crippen LogP contribution in [0.2, 0.25) is 0 Å². The smallest absolute Gasteiger partial charge is 0.119 e. The van der Waals surface area contributed by atoms with Gasteiger partial charge in [-0.2, -0.15) is 11.8 Å². The molecule has 1 rings (SSSR count). The van der Waals surface area contributed by atoms with Crippen LogP contribution in [0.5, 0.6) is 5.75 Å². The summed E-state index contributed by atoms with van der Waals surface area (Å²) in [6.07, 6.45) is 0. The Morgan fingerprint density at radius 3 is 2.57 bits per heavy atom. The van der Waals surface area contributed by atoms with Gasteiger partial charge in [-0.15, -0.1) is 5.73 Å². The average molecular weight is 209 g/mol. The van der Waals surface area contributed by atoms with Crippen molar-refractivity contribution in [2.45, 2.75) is 12.7 Å². The summed E-state index contributed by atoms with van der Waals surface area (Å²) in [7, 11) is 0. The first-order valence-electron chi connectivity index (χ1n) is 4.77. The second-order valence-electron chi connectivity index (χ2n) is 2.85. The van der Waals surface area contributed by atoms with Crippen LogP contribution >= 0.6 is 11.8 Å². The van der Waals surface area contributed by atoms with E-state index >= 15 is 0 Å². The summed E-state index contributed by atoms with van der Waals surface area (Å²) < 4.78 is 5.34. The van der Waals surface area contributed by atoms with E-state index in [9.17, 15) is 0 Å². The molecular weight excluding hydrogens is 194 g/mol. The minimum atomic E-state index is 0.252. The molecule has 0 saturated heterocycles. The van der Waals surface area contributed by atoms with E-state index in [2.05, 4.69) is 12.1 Å². The number of rotatable bonds is 6. The summed E-state index contributed by atoms with van der Waals surface area (Å²) in [4.78, 5) is 0. The van der Waals surface area contributed by atoms with Crippen molar-refractivity contribution in [2.24, 2.45) is 0 Å². The van der Waals surface area contributed by atoms with Crippen molar-refractivity contribution >= 4 is 11.8 Å². The van der Waals surface area contributed by atoms with Crippen LogP contribution in [0, 0.1) is 0 Å². The molecular formula is C11H15NOS. The Morgan fingerprint density at radius 2 is 2.00 bits per heavy atom. The first-order valence-corrected chi connectivity index (χ1v) is 5.92. The number of thioether (sulfide) groups is 1. The summed E-state index contributed by atoms with van der Waals surface area (Å²) in [5, 5.41) is 0. The summed E-state index contributed by atoms with van der Waals surface area (Å²) in [6.45, 7) is 2.94. The molecule has 76 valence electrons. The minimum Gasteiger partial charge on any atom is -0.494 e. The van der Waals surface area contributed by atoms with Crippen molar-refractivity contribution in [3.63, 3.8) is 0 Å². The lowest BCUT2D eigenvalue weighted by Crippen LogP contribution is -1.92. The molecule has 2 radical (unpaired) electrons. The van der Waals surface area contributed by atoms with Crippen LogP contribution in [0.1, 0.15) is 12.5 Å². The Labute approximate surface area is 89.8 Å². The fraction of sp³-hybridized carbons (Fsp3) is 0.455. The maximum Gasteiger partial charge on any atom is 0.119 e. The molecule has 0 amide bonds. The Morgan fingerprint density at radius 1 is 1.29 bits per heavy atom. The van der Waals surface area contributed by atoms with E-state index < -0.39 is 0 Å². The zero-order valence-electron chi connectivity index (χ0n) is 8.40. The molecule has 3 heteroatoms. The van der Waals surface area contributed by atoms with Crippen molar-refractivity contribution in [2.75, 3.05) is 18.9 Å². The number of ether oxygens (including phenoxy) is 1. The lowest BCUT2D eigenvalue weighted by Gasteiger charge is -2.04. The standard InChI is InChI=1S/C11H15NOS/c1-2-13-11-5-3-10(4-6-11)9-14-8-7-12/h3-6H,2,7-9H2,1H3. The summed E-state index contributed by atoms with van der Waals surface area (Å²) >= 11 is 1.73. The van der Waals surface area contributed by atoms with Gasteiger partial charge in [0.2, 0.25) is 0 Å². The third kappa shape index (κ3) is 4.03. The van der Waals surface area contributed by atoms with E-state index in [1.54, 1.807) is 11.8 Å². The zero-order valence-corrected chi connectivity index (χ0v) is 9.22. The second kappa shape index (κ2) is 6.74. The molecule has 0 bridgehead atoms. The van der Waals surface area contributed by atoms with E-state index in [0.717, 1.165) is 17.3 Å². The molecule has 1 aromatic carbocycles. The van der Waals surface area contributed by atoms with Crippen LogP contribution in [-0.2, 0) is 5.75 Å². The number of benzene rings is 1. The molecule has 1 aromatic rings. The molecule has 0 saturated carbocycles. The molecule has 0 unspecified atom stereocenters. The molecule has 0 aliphatic rings. The quantitative estimate of drug-likeness (QED) is 0.674. The largest absolute Gasteiger partial charge is 0.494 e. The van der Waals surface area contributed by atoms with Gasteiger partial charge in [0, 0.05) is 18.1 Å². The van der Waals surface area contributed by atoms with Crippen LogP contribution in [-0.4, -0.2) is 18.9 Å². The first kappa shape index (κ1) is 11.4. The van der Waals surface area contributed by atoms with Crippen LogP contribution in [0.4, 0.5) is 0 Å². The molecule has 0 spiro atoms. The third-order valence-corrected chi connectivity index (χ3v) is 2.75. The Bertz CT molecular complexity index is 248. The van der Waals surface area contributed by atoms with Crippen LogP contribution in [0.15, 0.2) is 24.3 Å². The lowest BCUT2D eigenvalue weighted by atomic mass is 10.2. The maximum atomic E-state index is 8.62. The Balaban J connectivity index is 2.38. The molecule has 0 fully saturated rings. The maximum absolute atomic E-state index is 8.62. The predicted molar refractivity (Wildman–Crippen MR) is 60.8 cm³/mol. The summed E-state index contributed by atoms with van der Waals surface area (Å²) in [5.41, 5.74) is 9.89. The van der Waals surface area contributed by atoms with Crippen molar-refractivity contribution < 1.29 is 4.74 Å². The van der Waals surface area contributed by atoms with Gasteiger partial charge in [0.15, 0.2) is 0 Å². The monoisotopic (exact) mass is 209 g/mol. The molecule has 2 nitrogen and oxygen atoms in total. The van der Waals surface area contributed by atoms with Gasteiger partial charge in [-0.1, -0.05) is 12.1 Å². The summed E-state index contributed by atoms with van der Waals surface area (Å²) in [6, 6.07) is 8.10. The van der Waals surface area contributed by atoms with E-state index in [-0.39, 0.29) is 6.54 Å². The molecule has 0 aliphatic heterocycles. The second-order valence-corrected chi connectivity index (χ2v) is 3.96. The number of hydrogen-bond acceptors (Lipinski definition) is 2. The SMILES string of the molecule is CCOc1ccc(CSCC[N])cc1. The molecule has 0 atom stereocenters. The van der Waals surface area contributed by atoms with Gasteiger partial charge in [-0.3, -0.25) is 0 Å². The van der Waals surface area contributed by atoms with Gasteiger partial charge in [-0.25, -0.2) is 0 Å². The fourth-order valence-electron chi connectivity index (χ4n) is 1.10. The molecule has 0 aromatic heterocycles. The number of hydrogen-bond donors (Lipinski definition) is 0. The fourth-order valence-corrected chi connectivity index (χ4v) is 1.80. The van der Waals surface area contributed by atoms with Crippen LogP contribution < -0.4 is 10.5 Å². The van der Waals surface area contributed by atoms with E-state index in [4.69, 9.17) is 10.5 Å². The third-order valence-electron chi connectivity index (χ3n) is 1.74. The minimum absolute atomic E-state index is 0.252. The lowest BCUT2D eigenvalue weighted by molar-refractivity contribution is 0.340. The highest BCUT2D eigenvalue weighted by molar-refractivity contribution is 7.98. The Hall–Kier alpha value is -0.670. The summed E-state index contributed by atoms with van der Waals surface area (Å²) in [5.74, 6) is 2.67. The van der Waals surface area contributed by atoms with Crippen LogP contribution in [0.3, 0.4) is 0 Å². The highest BCUT2D eigenvalue weighted by atomic mass is 32.2. The Kier molecular flexibility index (Phi) is 5.49. The van der Waals surface area contributed by atoms with Crippen LogP contribution in [0.25, 0.3) is 0 Å². The van der Waals surface area contributed by atoms with Gasteiger partial charge in [0.05, 0.1) is 6.61 Å². The number of nitrogens with zero attached hydrogens (tertiary/aromatic N) is 1. The topological polar surface area (TPSA) is 31.5 Å². The highest BCUT2D eigenvalue weighted by Crippen LogP contribution is 2.16. The van der Waals surface area contributed by atoms with E-state index in [1.807, 2.05) is 19.1 Å². The molecule has 0 aliphatic carbocycles. The zero-order chi connectivity index (χ0) is 10.2. The van der Waals surface area contributed by atoms with Crippen molar-refractivity contribution in [3.8, 4) is 5.75 Å². The molecule has 14 heavy (non-hydrogen) atoms. The normalized spacial score (nSPS) is 10.1. The predicted octanol–water partition coefficient (Wildman–Crippen LogP) is 2.39. The van der Waals surface area contributed by atoms with Crippen molar-refractivity contribution in [1.29, 1.82) is 0 Å². The van der Waals surface area contributed by atoms with Gasteiger partial charge < -0.3 is 4.74 Å². The van der Waals surface area contributed by atoms with Gasteiger partial charge in [0.25, 0.3) is 0 Å².